The molecule has 0 N–H and O–H groups in total. The van der Waals surface area contributed by atoms with E-state index in [0.717, 1.165) is 12.1 Å². The van der Waals surface area contributed by atoms with Crippen LogP contribution in [0.2, 0.25) is 0 Å². The Morgan fingerprint density at radius 2 is 1.86 bits per heavy atom. The van der Waals surface area contributed by atoms with Crippen LogP contribution in [0.15, 0.2) is 36.4 Å². The standard InChI is InChI=1S/C15H17F3O3/c1-4-20-14(19)10(2)9-11(3)21-13-7-5-12(6-8-13)15(16,17)18/h5-8,11H,2,4,9H2,1,3H3. The molecule has 21 heavy (non-hydrogen) atoms. The third-order valence-corrected chi connectivity index (χ3v) is 2.62. The van der Waals surface area contributed by atoms with Gasteiger partial charge in [0, 0.05) is 12.0 Å². The Morgan fingerprint density at radius 3 is 2.33 bits per heavy atom. The minimum atomic E-state index is -4.37. The lowest BCUT2D eigenvalue weighted by molar-refractivity contribution is -0.139. The lowest BCUT2D eigenvalue weighted by Crippen LogP contribution is -2.17. The van der Waals surface area contributed by atoms with Gasteiger partial charge in [-0.3, -0.25) is 0 Å². The number of carbonyl (C=O) groups excluding carboxylic acids is 1. The summed E-state index contributed by atoms with van der Waals surface area (Å²) in [6.07, 6.45) is -4.54. The number of hydrogen-bond donors (Lipinski definition) is 0. The normalized spacial score (nSPS) is 12.6. The van der Waals surface area contributed by atoms with Gasteiger partial charge in [0.25, 0.3) is 0 Å². The highest BCUT2D eigenvalue weighted by atomic mass is 19.4. The zero-order valence-corrected chi connectivity index (χ0v) is 11.9. The van der Waals surface area contributed by atoms with Gasteiger partial charge in [0.1, 0.15) is 11.9 Å². The van der Waals surface area contributed by atoms with Gasteiger partial charge in [0.05, 0.1) is 12.2 Å². The highest BCUT2D eigenvalue weighted by Crippen LogP contribution is 2.30. The van der Waals surface area contributed by atoms with Crippen molar-refractivity contribution in [2.24, 2.45) is 0 Å². The molecule has 0 spiro atoms. The molecule has 1 aromatic carbocycles. The van der Waals surface area contributed by atoms with Crippen molar-refractivity contribution in [2.45, 2.75) is 32.5 Å². The number of carbonyl (C=O) groups is 1. The molecule has 1 aromatic rings. The second-order valence-electron chi connectivity index (χ2n) is 4.48. The van der Waals surface area contributed by atoms with E-state index in [4.69, 9.17) is 9.47 Å². The van der Waals surface area contributed by atoms with Crippen molar-refractivity contribution in [1.29, 1.82) is 0 Å². The van der Waals surface area contributed by atoms with Crippen molar-refractivity contribution < 1.29 is 27.4 Å². The predicted octanol–water partition coefficient (Wildman–Crippen LogP) is 3.98. The smallest absolute Gasteiger partial charge is 0.416 e. The molecule has 0 aliphatic rings. The first-order chi connectivity index (χ1) is 9.74. The first-order valence-electron chi connectivity index (χ1n) is 6.42. The average Bonchev–Trinajstić information content (AvgIpc) is 2.38. The Hall–Kier alpha value is -1.98. The highest BCUT2D eigenvalue weighted by Gasteiger charge is 2.30. The second kappa shape index (κ2) is 7.15. The van der Waals surface area contributed by atoms with Crippen LogP contribution in [0.3, 0.4) is 0 Å². The van der Waals surface area contributed by atoms with Gasteiger partial charge in [-0.15, -0.1) is 0 Å². The second-order valence-corrected chi connectivity index (χ2v) is 4.48. The molecule has 0 heterocycles. The van der Waals surface area contributed by atoms with Gasteiger partial charge < -0.3 is 9.47 Å². The van der Waals surface area contributed by atoms with Gasteiger partial charge in [-0.1, -0.05) is 6.58 Å². The van der Waals surface area contributed by atoms with Crippen LogP contribution in [0.4, 0.5) is 13.2 Å². The number of hydrogen-bond acceptors (Lipinski definition) is 3. The maximum atomic E-state index is 12.4. The van der Waals surface area contributed by atoms with E-state index in [0.29, 0.717) is 5.75 Å². The Labute approximate surface area is 121 Å². The molecule has 0 radical (unpaired) electrons. The van der Waals surface area contributed by atoms with Crippen LogP contribution in [0.1, 0.15) is 25.8 Å². The van der Waals surface area contributed by atoms with Crippen molar-refractivity contribution in [2.75, 3.05) is 6.61 Å². The summed E-state index contributed by atoms with van der Waals surface area (Å²) in [6.45, 7) is 7.24. The number of halogens is 3. The quantitative estimate of drug-likeness (QED) is 0.589. The SMILES string of the molecule is C=C(CC(C)Oc1ccc(C(F)(F)F)cc1)C(=O)OCC. The van der Waals surface area contributed by atoms with Gasteiger partial charge in [0.15, 0.2) is 0 Å². The van der Waals surface area contributed by atoms with Crippen LogP contribution in [0, 0.1) is 0 Å². The summed E-state index contributed by atoms with van der Waals surface area (Å²) in [5.41, 5.74) is -0.477. The maximum absolute atomic E-state index is 12.4. The topological polar surface area (TPSA) is 35.5 Å². The largest absolute Gasteiger partial charge is 0.490 e. The lowest BCUT2D eigenvalue weighted by atomic mass is 10.1. The van der Waals surface area contributed by atoms with E-state index in [1.807, 2.05) is 0 Å². The third-order valence-electron chi connectivity index (χ3n) is 2.62. The fourth-order valence-corrected chi connectivity index (χ4v) is 1.66. The zero-order valence-electron chi connectivity index (χ0n) is 11.9. The third kappa shape index (κ3) is 5.49. The number of ether oxygens (including phenoxy) is 2. The van der Waals surface area contributed by atoms with Gasteiger partial charge >= 0.3 is 12.1 Å². The molecule has 0 saturated carbocycles. The van der Waals surface area contributed by atoms with E-state index >= 15 is 0 Å². The van der Waals surface area contributed by atoms with E-state index in [9.17, 15) is 18.0 Å². The summed E-state index contributed by atoms with van der Waals surface area (Å²) in [7, 11) is 0. The van der Waals surface area contributed by atoms with E-state index in [1.165, 1.54) is 12.1 Å². The Kier molecular flexibility index (Phi) is 5.81. The Bertz CT molecular complexity index is 492. The van der Waals surface area contributed by atoms with E-state index in [-0.39, 0.29) is 18.6 Å². The average molecular weight is 302 g/mol. The molecule has 6 heteroatoms. The zero-order chi connectivity index (χ0) is 16.0. The van der Waals surface area contributed by atoms with Crippen LogP contribution in [0.5, 0.6) is 5.75 Å². The summed E-state index contributed by atoms with van der Waals surface area (Å²) in [6, 6.07) is 4.38. The monoisotopic (exact) mass is 302 g/mol. The summed E-state index contributed by atoms with van der Waals surface area (Å²) in [4.78, 5) is 11.4. The fraction of sp³-hybridized carbons (Fsp3) is 0.400. The molecule has 0 amide bonds. The summed E-state index contributed by atoms with van der Waals surface area (Å²) < 4.78 is 47.5. The molecule has 0 aliphatic carbocycles. The molecular weight excluding hydrogens is 285 g/mol. The Balaban J connectivity index is 2.57. The van der Waals surface area contributed by atoms with Gasteiger partial charge in [-0.05, 0) is 38.1 Å². The number of esters is 1. The number of alkyl halides is 3. The lowest BCUT2D eigenvalue weighted by Gasteiger charge is -2.16. The van der Waals surface area contributed by atoms with Crippen molar-refractivity contribution in [3.8, 4) is 5.75 Å². The molecule has 116 valence electrons. The summed E-state index contributed by atoms with van der Waals surface area (Å²) in [5.74, 6) is -0.201. The fourth-order valence-electron chi connectivity index (χ4n) is 1.66. The van der Waals surface area contributed by atoms with Crippen LogP contribution in [-0.2, 0) is 15.7 Å². The predicted molar refractivity (Wildman–Crippen MR) is 71.9 cm³/mol. The van der Waals surface area contributed by atoms with Crippen molar-refractivity contribution in [3.63, 3.8) is 0 Å². The van der Waals surface area contributed by atoms with Crippen molar-refractivity contribution in [1.82, 2.24) is 0 Å². The highest BCUT2D eigenvalue weighted by molar-refractivity contribution is 5.87. The van der Waals surface area contributed by atoms with Gasteiger partial charge in [-0.2, -0.15) is 13.2 Å². The Morgan fingerprint density at radius 1 is 1.29 bits per heavy atom. The minimum Gasteiger partial charge on any atom is -0.490 e. The molecule has 3 nitrogen and oxygen atoms in total. The van der Waals surface area contributed by atoms with Crippen molar-refractivity contribution in [3.05, 3.63) is 42.0 Å². The molecule has 0 aliphatic heterocycles. The van der Waals surface area contributed by atoms with Gasteiger partial charge in [-0.25, -0.2) is 4.79 Å². The summed E-state index contributed by atoms with van der Waals surface area (Å²) >= 11 is 0. The van der Waals surface area contributed by atoms with E-state index < -0.39 is 23.8 Å². The molecule has 0 aromatic heterocycles. The summed E-state index contributed by atoms with van der Waals surface area (Å²) in [5, 5.41) is 0. The maximum Gasteiger partial charge on any atom is 0.416 e. The van der Waals surface area contributed by atoms with Gasteiger partial charge in [0.2, 0.25) is 0 Å². The molecule has 0 bridgehead atoms. The van der Waals surface area contributed by atoms with Crippen LogP contribution < -0.4 is 4.74 Å². The number of rotatable bonds is 6. The van der Waals surface area contributed by atoms with Crippen LogP contribution >= 0.6 is 0 Å². The first-order valence-corrected chi connectivity index (χ1v) is 6.42. The molecule has 0 fully saturated rings. The number of benzene rings is 1. The molecular formula is C15H17F3O3. The molecule has 1 unspecified atom stereocenters. The van der Waals surface area contributed by atoms with E-state index in [1.54, 1.807) is 13.8 Å². The molecule has 0 saturated heterocycles. The molecule has 1 rings (SSSR count). The van der Waals surface area contributed by atoms with E-state index in [2.05, 4.69) is 6.58 Å². The van der Waals surface area contributed by atoms with Crippen LogP contribution in [0.25, 0.3) is 0 Å². The molecule has 1 atom stereocenters. The first kappa shape index (κ1) is 17.1. The van der Waals surface area contributed by atoms with Crippen molar-refractivity contribution >= 4 is 5.97 Å². The van der Waals surface area contributed by atoms with Crippen LogP contribution in [-0.4, -0.2) is 18.7 Å². The minimum absolute atomic E-state index is 0.236.